The lowest BCUT2D eigenvalue weighted by molar-refractivity contribution is -0.112. The molecule has 5 heteroatoms. The highest BCUT2D eigenvalue weighted by atomic mass is 127. The van der Waals surface area contributed by atoms with Crippen molar-refractivity contribution in [2.75, 3.05) is 5.32 Å². The molecule has 0 aromatic heterocycles. The van der Waals surface area contributed by atoms with Gasteiger partial charge in [-0.05, 0) is 86.3 Å². The van der Waals surface area contributed by atoms with Crippen molar-refractivity contribution in [1.29, 1.82) is 0 Å². The van der Waals surface area contributed by atoms with E-state index in [1.54, 1.807) is 0 Å². The van der Waals surface area contributed by atoms with Crippen LogP contribution >= 0.6 is 67.8 Å². The molecule has 0 aliphatic heterocycles. The van der Waals surface area contributed by atoms with Gasteiger partial charge in [-0.3, -0.25) is 4.79 Å². The standard InChI is InChI=1S/C10H8I3NO/c1-6-4-2-3-5-7(6)14-10(15)8(11)9(12)13/h2-5H,1H3,(H,14,15). The molecule has 15 heavy (non-hydrogen) atoms. The van der Waals surface area contributed by atoms with Crippen molar-refractivity contribution in [2.45, 2.75) is 6.92 Å². The minimum atomic E-state index is -0.0521. The van der Waals surface area contributed by atoms with Crippen LogP contribution in [0.4, 0.5) is 5.69 Å². The quantitative estimate of drug-likeness (QED) is 0.439. The molecule has 0 spiro atoms. The van der Waals surface area contributed by atoms with Crippen molar-refractivity contribution in [1.82, 2.24) is 0 Å². The Morgan fingerprint density at radius 2 is 1.80 bits per heavy atom. The second-order valence-corrected chi connectivity index (χ2v) is 8.14. The number of carbonyl (C=O) groups is 1. The zero-order valence-corrected chi connectivity index (χ0v) is 14.3. The Hall–Kier alpha value is 0.620. The number of nitrogens with one attached hydrogen (secondary N) is 1. The first-order valence-electron chi connectivity index (χ1n) is 4.10. The number of hydrogen-bond acceptors (Lipinski definition) is 1. The smallest absolute Gasteiger partial charge is 0.263 e. The molecule has 2 nitrogen and oxygen atoms in total. The second kappa shape index (κ2) is 6.38. The molecule has 0 heterocycles. The lowest BCUT2D eigenvalue weighted by atomic mass is 10.2. The lowest BCUT2D eigenvalue weighted by Crippen LogP contribution is -2.12. The first-order chi connectivity index (χ1) is 7.02. The van der Waals surface area contributed by atoms with Gasteiger partial charge in [0.15, 0.2) is 0 Å². The number of anilines is 1. The number of carbonyl (C=O) groups excluding carboxylic acids is 1. The molecule has 0 unspecified atom stereocenters. The molecule has 0 aliphatic rings. The van der Waals surface area contributed by atoms with Crippen LogP contribution in [0.2, 0.25) is 0 Å². The molecule has 0 saturated heterocycles. The fourth-order valence-electron chi connectivity index (χ4n) is 0.976. The van der Waals surface area contributed by atoms with Crippen LogP contribution in [0.5, 0.6) is 0 Å². The molecule has 1 N–H and O–H groups in total. The summed E-state index contributed by atoms with van der Waals surface area (Å²) in [5, 5.41) is 2.88. The topological polar surface area (TPSA) is 29.1 Å². The van der Waals surface area contributed by atoms with Crippen LogP contribution < -0.4 is 5.32 Å². The van der Waals surface area contributed by atoms with E-state index in [0.717, 1.165) is 16.4 Å². The van der Waals surface area contributed by atoms with Gasteiger partial charge in [-0.2, -0.15) is 0 Å². The summed E-state index contributed by atoms with van der Waals surface area (Å²) >= 11 is 6.31. The number of benzene rings is 1. The van der Waals surface area contributed by atoms with Crippen LogP contribution in [0.25, 0.3) is 0 Å². The van der Waals surface area contributed by atoms with Crippen molar-refractivity contribution in [3.8, 4) is 0 Å². The number of para-hydroxylation sites is 1. The van der Waals surface area contributed by atoms with Crippen LogP contribution in [0, 0.1) is 6.92 Å². The van der Waals surface area contributed by atoms with Crippen LogP contribution in [0.15, 0.2) is 29.4 Å². The maximum absolute atomic E-state index is 11.7. The van der Waals surface area contributed by atoms with Gasteiger partial charge in [0.2, 0.25) is 0 Å². The molecule has 0 aliphatic carbocycles. The average molecular weight is 539 g/mol. The molecule has 1 aromatic carbocycles. The summed E-state index contributed by atoms with van der Waals surface area (Å²) in [7, 11) is 0. The summed E-state index contributed by atoms with van der Waals surface area (Å²) in [6, 6.07) is 7.74. The first-order valence-corrected chi connectivity index (χ1v) is 7.33. The van der Waals surface area contributed by atoms with Crippen LogP contribution in [-0.2, 0) is 4.79 Å². The van der Waals surface area contributed by atoms with E-state index in [1.807, 2.05) is 53.8 Å². The Labute approximate surface area is 130 Å². The summed E-state index contributed by atoms with van der Waals surface area (Å²) in [4.78, 5) is 11.7. The Balaban J connectivity index is 2.85. The van der Waals surface area contributed by atoms with E-state index < -0.39 is 0 Å². The Morgan fingerprint density at radius 1 is 1.20 bits per heavy atom. The largest absolute Gasteiger partial charge is 0.321 e. The fourth-order valence-corrected chi connectivity index (χ4v) is 1.60. The van der Waals surface area contributed by atoms with E-state index in [2.05, 4.69) is 50.5 Å². The molecule has 0 fully saturated rings. The van der Waals surface area contributed by atoms with Gasteiger partial charge in [-0.25, -0.2) is 0 Å². The van der Waals surface area contributed by atoms with Gasteiger partial charge in [0.05, 0.1) is 5.17 Å². The van der Waals surface area contributed by atoms with Gasteiger partial charge < -0.3 is 5.32 Å². The predicted octanol–water partition coefficient (Wildman–Crippen LogP) is 4.41. The molecule has 1 rings (SSSR count). The normalized spacial score (nSPS) is 9.60. The summed E-state index contributed by atoms with van der Waals surface area (Å²) in [5.74, 6) is -0.0521. The molecule has 0 radical (unpaired) electrons. The maximum Gasteiger partial charge on any atom is 0.263 e. The van der Waals surface area contributed by atoms with E-state index in [9.17, 15) is 4.79 Å². The summed E-state index contributed by atoms with van der Waals surface area (Å²) in [6.45, 7) is 1.97. The summed E-state index contributed by atoms with van der Waals surface area (Å²) in [5.41, 5.74) is 1.93. The van der Waals surface area contributed by atoms with Crippen molar-refractivity contribution >= 4 is 79.4 Å². The number of aryl methyl sites for hydroxylation is 1. The Kier molecular flexibility index (Phi) is 5.82. The highest BCUT2D eigenvalue weighted by Crippen LogP contribution is 2.26. The van der Waals surface area contributed by atoms with E-state index in [0.29, 0.717) is 0 Å². The predicted molar refractivity (Wildman–Crippen MR) is 88.9 cm³/mol. The highest BCUT2D eigenvalue weighted by molar-refractivity contribution is 14.2. The zero-order valence-electron chi connectivity index (χ0n) is 7.85. The van der Waals surface area contributed by atoms with Crippen molar-refractivity contribution in [2.24, 2.45) is 0 Å². The van der Waals surface area contributed by atoms with Crippen molar-refractivity contribution < 1.29 is 4.79 Å². The van der Waals surface area contributed by atoms with Crippen LogP contribution in [-0.4, -0.2) is 5.91 Å². The zero-order chi connectivity index (χ0) is 11.4. The molecular weight excluding hydrogens is 531 g/mol. The van der Waals surface area contributed by atoms with E-state index in [1.165, 1.54) is 0 Å². The molecule has 0 atom stereocenters. The van der Waals surface area contributed by atoms with E-state index >= 15 is 0 Å². The summed E-state index contributed by atoms with van der Waals surface area (Å²) < 4.78 is 1.69. The van der Waals surface area contributed by atoms with Crippen molar-refractivity contribution in [3.05, 3.63) is 35.0 Å². The second-order valence-electron chi connectivity index (χ2n) is 2.84. The van der Waals surface area contributed by atoms with Gasteiger partial charge in [0.1, 0.15) is 0 Å². The third-order valence-corrected chi connectivity index (χ3v) is 5.93. The number of rotatable bonds is 2. The third-order valence-electron chi connectivity index (χ3n) is 1.76. The molecule has 0 bridgehead atoms. The van der Waals surface area contributed by atoms with Gasteiger partial charge in [0.25, 0.3) is 5.91 Å². The maximum atomic E-state index is 11.7. The average Bonchev–Trinajstić information content (AvgIpc) is 2.20. The fraction of sp³-hybridized carbons (Fsp3) is 0.100. The van der Waals surface area contributed by atoms with Gasteiger partial charge in [0, 0.05) is 5.69 Å². The van der Waals surface area contributed by atoms with Gasteiger partial charge >= 0.3 is 0 Å². The molecular formula is C10H8I3NO. The minimum Gasteiger partial charge on any atom is -0.321 e. The molecule has 80 valence electrons. The number of hydrogen-bond donors (Lipinski definition) is 1. The van der Waals surface area contributed by atoms with E-state index in [-0.39, 0.29) is 5.91 Å². The lowest BCUT2D eigenvalue weighted by Gasteiger charge is -2.07. The van der Waals surface area contributed by atoms with Crippen molar-refractivity contribution in [3.63, 3.8) is 0 Å². The highest BCUT2D eigenvalue weighted by Gasteiger charge is 2.10. The Morgan fingerprint density at radius 3 is 2.33 bits per heavy atom. The summed E-state index contributed by atoms with van der Waals surface area (Å²) in [6.07, 6.45) is 0. The Bertz CT molecular complexity index is 411. The molecule has 0 saturated carbocycles. The van der Waals surface area contributed by atoms with Crippen LogP contribution in [0.1, 0.15) is 5.56 Å². The first kappa shape index (κ1) is 13.7. The van der Waals surface area contributed by atoms with Gasteiger partial charge in [-0.15, -0.1) is 0 Å². The van der Waals surface area contributed by atoms with Crippen LogP contribution in [0.3, 0.4) is 0 Å². The number of halogens is 3. The van der Waals surface area contributed by atoms with Gasteiger partial charge in [-0.1, -0.05) is 18.2 Å². The molecule has 1 amide bonds. The van der Waals surface area contributed by atoms with E-state index in [4.69, 9.17) is 0 Å². The molecule has 1 aromatic rings. The third kappa shape index (κ3) is 4.17. The monoisotopic (exact) mass is 539 g/mol. The minimum absolute atomic E-state index is 0.0521. The SMILES string of the molecule is Cc1ccccc1NC(=O)C(I)=C(I)I. The number of amides is 1.